The maximum Gasteiger partial charge on any atom is 0.209 e. The number of thiol groups is 1. The summed E-state index contributed by atoms with van der Waals surface area (Å²) in [5, 5.41) is 6.71. The first kappa shape index (κ1) is 18.2. The summed E-state index contributed by atoms with van der Waals surface area (Å²) in [5.74, 6) is 1.51. The maximum atomic E-state index is 10.9. The van der Waals surface area contributed by atoms with Crippen molar-refractivity contribution in [1.82, 2.24) is 14.9 Å². The maximum absolute atomic E-state index is 10.9. The Labute approximate surface area is 168 Å². The summed E-state index contributed by atoms with van der Waals surface area (Å²) >= 11 is 4.44. The molecule has 2 aromatic rings. The predicted octanol–water partition coefficient (Wildman–Crippen LogP) is 3.44. The lowest BCUT2D eigenvalue weighted by molar-refractivity contribution is -0.117. The van der Waals surface area contributed by atoms with Gasteiger partial charge in [0.05, 0.1) is 11.3 Å². The van der Waals surface area contributed by atoms with E-state index < -0.39 is 0 Å². The number of hydrogen-bond acceptors (Lipinski definition) is 7. The molecule has 4 rings (SSSR count). The molecular formula is C20H20N6OS. The van der Waals surface area contributed by atoms with Crippen LogP contribution < -0.4 is 10.6 Å². The second-order valence-electron chi connectivity index (χ2n) is 6.57. The number of carbonyl (C=O) groups is 1. The van der Waals surface area contributed by atoms with Crippen LogP contribution in [-0.4, -0.2) is 47.6 Å². The first-order chi connectivity index (χ1) is 13.7. The molecule has 2 aliphatic heterocycles. The highest BCUT2D eigenvalue weighted by Gasteiger charge is 2.20. The Hall–Kier alpha value is -3.13. The smallest absolute Gasteiger partial charge is 0.209 e. The van der Waals surface area contributed by atoms with E-state index in [-0.39, 0.29) is 0 Å². The molecule has 0 radical (unpaired) electrons. The van der Waals surface area contributed by atoms with Crippen LogP contribution in [0.5, 0.6) is 0 Å². The van der Waals surface area contributed by atoms with Gasteiger partial charge in [0, 0.05) is 30.2 Å². The lowest BCUT2D eigenvalue weighted by Crippen LogP contribution is -2.28. The Morgan fingerprint density at radius 3 is 2.93 bits per heavy atom. The number of aliphatic imine (C=N–C) groups is 1. The van der Waals surface area contributed by atoms with Crippen molar-refractivity contribution in [2.24, 2.45) is 4.99 Å². The normalized spacial score (nSPS) is 15.7. The Morgan fingerprint density at radius 2 is 2.21 bits per heavy atom. The van der Waals surface area contributed by atoms with Gasteiger partial charge in [0.1, 0.15) is 18.0 Å². The summed E-state index contributed by atoms with van der Waals surface area (Å²) in [6.07, 6.45) is 7.52. The summed E-state index contributed by atoms with van der Waals surface area (Å²) in [6, 6.07) is 5.66. The van der Waals surface area contributed by atoms with Gasteiger partial charge in [-0.2, -0.15) is 0 Å². The molecule has 0 atom stereocenters. The number of aromatic nitrogens is 2. The fourth-order valence-electron chi connectivity index (χ4n) is 3.33. The topological polar surface area (TPSA) is 82.5 Å². The van der Waals surface area contributed by atoms with Crippen molar-refractivity contribution in [3.8, 4) is 0 Å². The van der Waals surface area contributed by atoms with E-state index in [1.165, 1.54) is 17.5 Å². The zero-order valence-corrected chi connectivity index (χ0v) is 16.1. The molecule has 7 nitrogen and oxygen atoms in total. The monoisotopic (exact) mass is 392 g/mol. The zero-order valence-electron chi connectivity index (χ0n) is 15.2. The van der Waals surface area contributed by atoms with Crippen LogP contribution in [0.1, 0.15) is 12.0 Å². The molecule has 1 aromatic heterocycles. The summed E-state index contributed by atoms with van der Waals surface area (Å²) in [4.78, 5) is 26.1. The van der Waals surface area contributed by atoms with Crippen molar-refractivity contribution in [2.45, 2.75) is 11.3 Å². The lowest BCUT2D eigenvalue weighted by atomic mass is 9.95. The lowest BCUT2D eigenvalue weighted by Gasteiger charge is -2.26. The van der Waals surface area contributed by atoms with E-state index in [4.69, 9.17) is 0 Å². The molecule has 0 aliphatic carbocycles. The molecule has 8 heteroatoms. The molecule has 142 valence electrons. The molecule has 3 heterocycles. The van der Waals surface area contributed by atoms with Crippen LogP contribution in [0.2, 0.25) is 0 Å². The van der Waals surface area contributed by atoms with E-state index in [0.717, 1.165) is 47.0 Å². The molecule has 0 saturated carbocycles. The van der Waals surface area contributed by atoms with Crippen LogP contribution in [-0.2, 0) is 4.79 Å². The molecule has 0 saturated heterocycles. The molecule has 0 unspecified atom stereocenters. The van der Waals surface area contributed by atoms with Crippen LogP contribution in [0.15, 0.2) is 51.6 Å². The fourth-order valence-corrected chi connectivity index (χ4v) is 3.61. The van der Waals surface area contributed by atoms with Crippen molar-refractivity contribution in [3.63, 3.8) is 0 Å². The first-order valence-electron chi connectivity index (χ1n) is 8.93. The second kappa shape index (κ2) is 7.85. The van der Waals surface area contributed by atoms with E-state index in [0.29, 0.717) is 18.9 Å². The molecule has 2 aliphatic rings. The van der Waals surface area contributed by atoms with Gasteiger partial charge in [-0.15, -0.1) is 12.6 Å². The summed E-state index contributed by atoms with van der Waals surface area (Å²) in [6.45, 7) is 5.63. The highest BCUT2D eigenvalue weighted by Crippen LogP contribution is 2.33. The number of fused-ring (bicyclic) bond motifs is 1. The van der Waals surface area contributed by atoms with Gasteiger partial charge in [0.2, 0.25) is 6.41 Å². The van der Waals surface area contributed by atoms with Gasteiger partial charge < -0.3 is 15.5 Å². The van der Waals surface area contributed by atoms with Gasteiger partial charge in [-0.05, 0) is 48.6 Å². The Kier molecular flexibility index (Phi) is 5.12. The minimum atomic E-state index is 0.647. The number of rotatable bonds is 5. The van der Waals surface area contributed by atoms with Gasteiger partial charge in [-0.25, -0.2) is 9.97 Å². The largest absolute Gasteiger partial charge is 0.365 e. The van der Waals surface area contributed by atoms with Crippen molar-refractivity contribution in [2.75, 3.05) is 30.3 Å². The molecule has 1 amide bonds. The molecule has 1 aromatic carbocycles. The zero-order chi connectivity index (χ0) is 19.5. The quantitative estimate of drug-likeness (QED) is 0.413. The Morgan fingerprint density at radius 1 is 1.32 bits per heavy atom. The number of carbonyl (C=O) groups excluding carboxylic acids is 1. The summed E-state index contributed by atoms with van der Waals surface area (Å²) in [7, 11) is 0. The molecule has 0 spiro atoms. The van der Waals surface area contributed by atoms with Gasteiger partial charge in [0.25, 0.3) is 0 Å². The van der Waals surface area contributed by atoms with Gasteiger partial charge in [-0.3, -0.25) is 9.79 Å². The van der Waals surface area contributed by atoms with E-state index in [1.807, 2.05) is 18.2 Å². The standard InChI is InChI=1S/C20H20N6OS/c1-21-17-3-2-15(9-18(17)28)25-20-16-8-14(10-22-19(16)23-11-24-20)13-4-6-26(12-27)7-5-13/h2-4,8-9,11-12,28H,1,5-7,10H2,(H2,22,23,24,25). The number of hydrogen-bond donors (Lipinski definition) is 3. The van der Waals surface area contributed by atoms with Gasteiger partial charge in [-0.1, -0.05) is 6.08 Å². The third kappa shape index (κ3) is 3.63. The Balaban J connectivity index is 1.64. The third-order valence-corrected chi connectivity index (χ3v) is 5.22. The minimum absolute atomic E-state index is 0.647. The number of nitrogens with zero attached hydrogens (tertiary/aromatic N) is 4. The van der Waals surface area contributed by atoms with Gasteiger partial charge >= 0.3 is 0 Å². The van der Waals surface area contributed by atoms with Crippen LogP contribution in [0.4, 0.5) is 23.0 Å². The molecule has 2 N–H and O–H groups in total. The molecular weight excluding hydrogens is 372 g/mol. The van der Waals surface area contributed by atoms with Crippen LogP contribution in [0, 0.1) is 0 Å². The third-order valence-electron chi connectivity index (χ3n) is 4.86. The second-order valence-corrected chi connectivity index (χ2v) is 7.06. The SMILES string of the molecule is C=Nc1ccc(Nc2ncnc3c2C=C(C2=CCN(C=O)CC2)CN3)cc1S. The van der Waals surface area contributed by atoms with E-state index in [1.54, 1.807) is 4.90 Å². The highest BCUT2D eigenvalue weighted by atomic mass is 32.1. The summed E-state index contributed by atoms with van der Waals surface area (Å²) < 4.78 is 0. The van der Waals surface area contributed by atoms with Crippen LogP contribution in [0.3, 0.4) is 0 Å². The molecule has 0 bridgehead atoms. The van der Waals surface area contributed by atoms with Crippen molar-refractivity contribution < 1.29 is 4.79 Å². The van der Waals surface area contributed by atoms with E-state index in [9.17, 15) is 4.79 Å². The van der Waals surface area contributed by atoms with Crippen LogP contribution in [0.25, 0.3) is 6.08 Å². The summed E-state index contributed by atoms with van der Waals surface area (Å²) in [5.41, 5.74) is 4.95. The van der Waals surface area contributed by atoms with Crippen molar-refractivity contribution >= 4 is 54.8 Å². The van der Waals surface area contributed by atoms with Crippen LogP contribution >= 0.6 is 12.6 Å². The number of benzene rings is 1. The number of amides is 1. The number of nitrogens with one attached hydrogen (secondary N) is 2. The fraction of sp³-hybridized carbons (Fsp3) is 0.200. The Bertz CT molecular complexity index is 1000. The van der Waals surface area contributed by atoms with E-state index in [2.05, 4.69) is 57.1 Å². The number of anilines is 3. The first-order valence-corrected chi connectivity index (χ1v) is 9.37. The average Bonchev–Trinajstić information content (AvgIpc) is 2.74. The van der Waals surface area contributed by atoms with E-state index >= 15 is 0 Å². The highest BCUT2D eigenvalue weighted by molar-refractivity contribution is 7.80. The van der Waals surface area contributed by atoms with Crippen molar-refractivity contribution in [3.05, 3.63) is 47.3 Å². The average molecular weight is 392 g/mol. The van der Waals surface area contributed by atoms with Gasteiger partial charge in [0.15, 0.2) is 0 Å². The van der Waals surface area contributed by atoms with Crippen molar-refractivity contribution in [1.29, 1.82) is 0 Å². The minimum Gasteiger partial charge on any atom is -0.365 e. The molecule has 0 fully saturated rings. The predicted molar refractivity (Wildman–Crippen MR) is 115 cm³/mol. The molecule has 28 heavy (non-hydrogen) atoms.